The van der Waals surface area contributed by atoms with Gasteiger partial charge in [-0.15, -0.1) is 0 Å². The molecule has 0 saturated carbocycles. The van der Waals surface area contributed by atoms with Crippen LogP contribution in [-0.2, 0) is 11.3 Å². The average molecular weight is 274 g/mol. The number of nitrogens with zero attached hydrogens (tertiary/aromatic N) is 1. The van der Waals surface area contributed by atoms with Gasteiger partial charge in [-0.25, -0.2) is 4.79 Å². The highest BCUT2D eigenvalue weighted by Gasteiger charge is 2.09. The maximum Gasteiger partial charge on any atom is 0.335 e. The highest BCUT2D eigenvalue weighted by Crippen LogP contribution is 2.17. The summed E-state index contributed by atoms with van der Waals surface area (Å²) in [6.45, 7) is 2.95. The molecule has 0 fully saturated rings. The molecule has 0 atom stereocenters. The molecule has 0 aliphatic heterocycles. The van der Waals surface area contributed by atoms with Crippen molar-refractivity contribution in [2.45, 2.75) is 26.3 Å². The fourth-order valence-electron chi connectivity index (χ4n) is 2.07. The quantitative estimate of drug-likeness (QED) is 0.794. The summed E-state index contributed by atoms with van der Waals surface area (Å²) in [6.07, 6.45) is 3.80. The molecule has 2 aromatic rings. The minimum Gasteiger partial charge on any atom is -0.478 e. The van der Waals surface area contributed by atoms with Crippen molar-refractivity contribution in [3.8, 4) is 0 Å². The molecule has 0 spiro atoms. The second kappa shape index (κ2) is 6.23. The Morgan fingerprint density at radius 1 is 1.30 bits per heavy atom. The predicted molar refractivity (Wildman–Crippen MR) is 76.8 cm³/mol. The minimum absolute atomic E-state index is 0.0586. The smallest absolute Gasteiger partial charge is 0.335 e. The number of nitrogens with one attached hydrogen (secondary N) is 1. The van der Waals surface area contributed by atoms with E-state index in [1.165, 1.54) is 0 Å². The number of fused-ring (bicyclic) bond motifs is 1. The van der Waals surface area contributed by atoms with Crippen LogP contribution in [0.5, 0.6) is 0 Å². The number of carboxylic acid groups (broad SMARTS) is 1. The van der Waals surface area contributed by atoms with Gasteiger partial charge in [-0.3, -0.25) is 4.79 Å². The zero-order chi connectivity index (χ0) is 14.5. The molecule has 0 radical (unpaired) electrons. The molecule has 1 heterocycles. The number of aromatic nitrogens is 1. The van der Waals surface area contributed by atoms with Crippen LogP contribution in [0.2, 0.25) is 0 Å². The molecule has 0 aliphatic carbocycles. The summed E-state index contributed by atoms with van der Waals surface area (Å²) in [5, 5.41) is 12.8. The topological polar surface area (TPSA) is 71.3 Å². The van der Waals surface area contributed by atoms with Crippen molar-refractivity contribution in [3.63, 3.8) is 0 Å². The Morgan fingerprint density at radius 2 is 2.10 bits per heavy atom. The number of carbonyl (C=O) groups excluding carboxylic acids is 1. The summed E-state index contributed by atoms with van der Waals surface area (Å²) < 4.78 is 1.77. The van der Waals surface area contributed by atoms with Crippen LogP contribution in [0.1, 0.15) is 30.1 Å². The van der Waals surface area contributed by atoms with Crippen LogP contribution >= 0.6 is 0 Å². The van der Waals surface area contributed by atoms with E-state index in [9.17, 15) is 9.59 Å². The van der Waals surface area contributed by atoms with E-state index < -0.39 is 5.97 Å². The summed E-state index contributed by atoms with van der Waals surface area (Å²) in [5.41, 5.74) is 0.986. The molecule has 5 nitrogen and oxygen atoms in total. The molecular formula is C15H18N2O3. The lowest BCUT2D eigenvalue weighted by Crippen LogP contribution is -2.28. The maximum absolute atomic E-state index is 11.8. The number of unbranched alkanes of at least 4 members (excludes halogenated alkanes) is 1. The van der Waals surface area contributed by atoms with Gasteiger partial charge in [0.05, 0.1) is 5.56 Å². The van der Waals surface area contributed by atoms with Crippen LogP contribution in [-0.4, -0.2) is 28.1 Å². The normalized spacial score (nSPS) is 10.7. The van der Waals surface area contributed by atoms with Gasteiger partial charge < -0.3 is 15.0 Å². The van der Waals surface area contributed by atoms with E-state index in [4.69, 9.17) is 5.11 Å². The molecule has 0 aliphatic rings. The van der Waals surface area contributed by atoms with Crippen molar-refractivity contribution in [3.05, 3.63) is 36.0 Å². The monoisotopic (exact) mass is 274 g/mol. The van der Waals surface area contributed by atoms with Crippen molar-refractivity contribution < 1.29 is 14.7 Å². The second-order valence-electron chi connectivity index (χ2n) is 4.73. The molecule has 20 heavy (non-hydrogen) atoms. The molecule has 1 aromatic heterocycles. The molecule has 2 N–H and O–H groups in total. The first-order valence-electron chi connectivity index (χ1n) is 6.70. The largest absolute Gasteiger partial charge is 0.478 e. The van der Waals surface area contributed by atoms with Crippen molar-refractivity contribution in [2.75, 3.05) is 6.54 Å². The Hall–Kier alpha value is -2.30. The number of aromatic carboxylic acids is 1. The fourth-order valence-corrected chi connectivity index (χ4v) is 2.07. The van der Waals surface area contributed by atoms with E-state index in [1.54, 1.807) is 29.0 Å². The third-order valence-electron chi connectivity index (χ3n) is 3.19. The summed E-state index contributed by atoms with van der Waals surface area (Å²) in [7, 11) is 0. The summed E-state index contributed by atoms with van der Waals surface area (Å²) >= 11 is 0. The van der Waals surface area contributed by atoms with Crippen molar-refractivity contribution in [1.82, 2.24) is 9.88 Å². The summed E-state index contributed by atoms with van der Waals surface area (Å²) in [4.78, 5) is 22.8. The Bertz CT molecular complexity index is 631. The number of hydrogen-bond donors (Lipinski definition) is 2. The van der Waals surface area contributed by atoms with Crippen LogP contribution < -0.4 is 5.32 Å². The third-order valence-corrected chi connectivity index (χ3v) is 3.19. The van der Waals surface area contributed by atoms with Crippen molar-refractivity contribution in [1.29, 1.82) is 0 Å². The number of amides is 1. The zero-order valence-corrected chi connectivity index (χ0v) is 11.4. The SMILES string of the molecule is CCCCNC(=O)Cn1ccc2ccc(C(=O)O)cc21. The van der Waals surface area contributed by atoms with Crippen molar-refractivity contribution in [2.24, 2.45) is 0 Å². The number of rotatable bonds is 6. The predicted octanol–water partition coefficient (Wildman–Crippen LogP) is 2.26. The first-order chi connectivity index (χ1) is 9.61. The lowest BCUT2D eigenvalue weighted by atomic mass is 10.1. The van der Waals surface area contributed by atoms with E-state index in [0.29, 0.717) is 6.54 Å². The molecule has 0 unspecified atom stereocenters. The molecule has 5 heteroatoms. The van der Waals surface area contributed by atoms with Gasteiger partial charge in [0, 0.05) is 18.3 Å². The van der Waals surface area contributed by atoms with Crippen molar-refractivity contribution >= 4 is 22.8 Å². The number of carbonyl (C=O) groups is 2. The highest BCUT2D eigenvalue weighted by atomic mass is 16.4. The molecular weight excluding hydrogens is 256 g/mol. The van der Waals surface area contributed by atoms with Gasteiger partial charge in [-0.05, 0) is 30.0 Å². The van der Waals surface area contributed by atoms with Crippen LogP contribution in [0.15, 0.2) is 30.5 Å². The first kappa shape index (κ1) is 14.1. The van der Waals surface area contributed by atoms with Crippen LogP contribution in [0, 0.1) is 0 Å². The van der Waals surface area contributed by atoms with E-state index >= 15 is 0 Å². The highest BCUT2D eigenvalue weighted by molar-refractivity contribution is 5.93. The Kier molecular flexibility index (Phi) is 4.40. The standard InChI is InChI=1S/C15H18N2O3/c1-2-3-7-16-14(18)10-17-8-6-11-4-5-12(15(19)20)9-13(11)17/h4-6,8-9H,2-3,7,10H2,1H3,(H,16,18)(H,19,20). The summed E-state index contributed by atoms with van der Waals surface area (Å²) in [5.74, 6) is -1.02. The van der Waals surface area contributed by atoms with Gasteiger partial charge in [-0.1, -0.05) is 19.4 Å². The fraction of sp³-hybridized carbons (Fsp3) is 0.333. The van der Waals surface area contributed by atoms with Crippen LogP contribution in [0.4, 0.5) is 0 Å². The molecule has 0 bridgehead atoms. The maximum atomic E-state index is 11.8. The zero-order valence-electron chi connectivity index (χ0n) is 11.4. The molecule has 106 valence electrons. The number of hydrogen-bond acceptors (Lipinski definition) is 2. The Labute approximate surface area is 117 Å². The van der Waals surface area contributed by atoms with Crippen LogP contribution in [0.3, 0.4) is 0 Å². The number of carboxylic acids is 1. The van der Waals surface area contributed by atoms with Gasteiger partial charge >= 0.3 is 5.97 Å². The molecule has 1 amide bonds. The van der Waals surface area contributed by atoms with E-state index in [1.807, 2.05) is 6.07 Å². The third kappa shape index (κ3) is 3.17. The van der Waals surface area contributed by atoms with Gasteiger partial charge in [0.25, 0.3) is 0 Å². The Morgan fingerprint density at radius 3 is 2.80 bits per heavy atom. The number of benzene rings is 1. The minimum atomic E-state index is -0.966. The van der Waals surface area contributed by atoms with E-state index in [0.717, 1.165) is 23.7 Å². The Balaban J connectivity index is 2.15. The first-order valence-corrected chi connectivity index (χ1v) is 6.70. The molecule has 1 aromatic carbocycles. The van der Waals surface area contributed by atoms with Gasteiger partial charge in [0.15, 0.2) is 0 Å². The van der Waals surface area contributed by atoms with Gasteiger partial charge in [-0.2, -0.15) is 0 Å². The average Bonchev–Trinajstić information content (AvgIpc) is 2.81. The lowest BCUT2D eigenvalue weighted by Gasteiger charge is -2.07. The van der Waals surface area contributed by atoms with E-state index in [2.05, 4.69) is 12.2 Å². The lowest BCUT2D eigenvalue weighted by molar-refractivity contribution is -0.121. The molecule has 0 saturated heterocycles. The second-order valence-corrected chi connectivity index (χ2v) is 4.73. The van der Waals surface area contributed by atoms with E-state index in [-0.39, 0.29) is 18.0 Å². The van der Waals surface area contributed by atoms with Gasteiger partial charge in [0.1, 0.15) is 6.54 Å². The molecule has 2 rings (SSSR count). The van der Waals surface area contributed by atoms with Crippen LogP contribution in [0.25, 0.3) is 10.9 Å². The van der Waals surface area contributed by atoms with Gasteiger partial charge in [0.2, 0.25) is 5.91 Å². The summed E-state index contributed by atoms with van der Waals surface area (Å²) in [6, 6.07) is 6.79.